The van der Waals surface area contributed by atoms with Gasteiger partial charge in [0.15, 0.2) is 0 Å². The van der Waals surface area contributed by atoms with Crippen LogP contribution in [-0.4, -0.2) is 10.9 Å². The number of carbonyl (C=O) groups excluding carboxylic acids is 1. The van der Waals surface area contributed by atoms with Gasteiger partial charge < -0.3 is 5.32 Å². The van der Waals surface area contributed by atoms with Gasteiger partial charge in [-0.1, -0.05) is 19.9 Å². The Balaban J connectivity index is 2.03. The zero-order valence-electron chi connectivity index (χ0n) is 10.5. The highest BCUT2D eigenvalue weighted by atomic mass is 32.1. The van der Waals surface area contributed by atoms with Crippen LogP contribution in [0.2, 0.25) is 0 Å². The average molecular weight is 260 g/mol. The molecule has 0 fully saturated rings. The number of carbonyl (C=O) groups is 1. The summed E-state index contributed by atoms with van der Waals surface area (Å²) >= 11 is 1.55. The number of rotatable bonds is 4. The topological polar surface area (TPSA) is 42.0 Å². The van der Waals surface area contributed by atoms with Crippen LogP contribution in [0.3, 0.4) is 0 Å². The molecule has 0 saturated heterocycles. The molecule has 2 aromatic heterocycles. The summed E-state index contributed by atoms with van der Waals surface area (Å²) < 4.78 is 0. The minimum atomic E-state index is -0.0892. The molecule has 2 aromatic rings. The van der Waals surface area contributed by atoms with Gasteiger partial charge in [-0.2, -0.15) is 0 Å². The van der Waals surface area contributed by atoms with Gasteiger partial charge in [-0.05, 0) is 36.6 Å². The number of amides is 1. The first-order chi connectivity index (χ1) is 8.65. The second-order valence-electron chi connectivity index (χ2n) is 4.53. The monoisotopic (exact) mass is 260 g/mol. The Morgan fingerprint density at radius 3 is 2.83 bits per heavy atom. The number of aromatic nitrogens is 1. The molecule has 0 aliphatic rings. The molecule has 0 aromatic carbocycles. The first kappa shape index (κ1) is 12.8. The molecule has 1 amide bonds. The average Bonchev–Trinajstić information content (AvgIpc) is 2.78. The maximum Gasteiger partial charge on any atom is 0.266 e. The minimum absolute atomic E-state index is 0.0892. The van der Waals surface area contributed by atoms with Gasteiger partial charge in [-0.3, -0.25) is 4.79 Å². The van der Waals surface area contributed by atoms with Crippen molar-refractivity contribution in [3.8, 4) is 0 Å². The first-order valence-corrected chi connectivity index (χ1v) is 6.78. The first-order valence-electron chi connectivity index (χ1n) is 5.96. The van der Waals surface area contributed by atoms with Crippen LogP contribution in [-0.2, 0) is 6.42 Å². The van der Waals surface area contributed by atoms with E-state index < -0.39 is 0 Å². The largest absolute Gasteiger partial charge is 0.306 e. The third kappa shape index (κ3) is 3.40. The lowest BCUT2D eigenvalue weighted by atomic mass is 10.1. The van der Waals surface area contributed by atoms with Crippen LogP contribution >= 0.6 is 11.3 Å². The van der Waals surface area contributed by atoms with Crippen molar-refractivity contribution in [2.45, 2.75) is 20.3 Å². The van der Waals surface area contributed by atoms with Gasteiger partial charge in [0, 0.05) is 11.1 Å². The number of pyridine rings is 1. The van der Waals surface area contributed by atoms with Crippen LogP contribution < -0.4 is 5.32 Å². The molecule has 4 heteroatoms. The van der Waals surface area contributed by atoms with Crippen molar-refractivity contribution in [3.63, 3.8) is 0 Å². The molecule has 0 atom stereocenters. The lowest BCUT2D eigenvalue weighted by molar-refractivity contribution is 0.103. The molecular formula is C14H16N2OS. The van der Waals surface area contributed by atoms with E-state index in [0.29, 0.717) is 11.7 Å². The molecule has 18 heavy (non-hydrogen) atoms. The van der Waals surface area contributed by atoms with Gasteiger partial charge in [-0.15, -0.1) is 11.3 Å². The molecule has 1 N–H and O–H groups in total. The minimum Gasteiger partial charge on any atom is -0.306 e. The molecule has 3 nitrogen and oxygen atoms in total. The van der Waals surface area contributed by atoms with Crippen molar-refractivity contribution in [1.29, 1.82) is 0 Å². The van der Waals surface area contributed by atoms with Gasteiger partial charge in [-0.25, -0.2) is 4.98 Å². The molecule has 2 rings (SSSR count). The SMILES string of the molecule is CC(C)Cc1ccc(C(=O)Nc2ccccn2)s1. The quantitative estimate of drug-likeness (QED) is 0.912. The Hall–Kier alpha value is -1.68. The van der Waals surface area contributed by atoms with Crippen molar-refractivity contribution in [1.82, 2.24) is 4.98 Å². The predicted molar refractivity (Wildman–Crippen MR) is 75.1 cm³/mol. The van der Waals surface area contributed by atoms with Crippen molar-refractivity contribution in [2.75, 3.05) is 5.32 Å². The lowest BCUT2D eigenvalue weighted by Crippen LogP contribution is -2.10. The smallest absolute Gasteiger partial charge is 0.266 e. The van der Waals surface area contributed by atoms with E-state index in [-0.39, 0.29) is 5.91 Å². The summed E-state index contributed by atoms with van der Waals surface area (Å²) in [4.78, 5) is 18.0. The molecule has 2 heterocycles. The van der Waals surface area contributed by atoms with Crippen LogP contribution in [0.25, 0.3) is 0 Å². The zero-order chi connectivity index (χ0) is 13.0. The molecule has 0 bridgehead atoms. The summed E-state index contributed by atoms with van der Waals surface area (Å²) in [6.45, 7) is 4.35. The molecule has 0 saturated carbocycles. The number of thiophene rings is 1. The maximum atomic E-state index is 12.0. The Kier molecular flexibility index (Phi) is 4.10. The third-order valence-corrected chi connectivity index (χ3v) is 3.51. The number of hydrogen-bond acceptors (Lipinski definition) is 3. The van der Waals surface area contributed by atoms with Gasteiger partial charge in [0.2, 0.25) is 0 Å². The fourth-order valence-electron chi connectivity index (χ4n) is 1.63. The second-order valence-corrected chi connectivity index (χ2v) is 5.70. The van der Waals surface area contributed by atoms with E-state index in [0.717, 1.165) is 11.3 Å². The van der Waals surface area contributed by atoms with E-state index >= 15 is 0 Å². The lowest BCUT2D eigenvalue weighted by Gasteiger charge is -2.02. The van der Waals surface area contributed by atoms with Crippen LogP contribution in [0.5, 0.6) is 0 Å². The van der Waals surface area contributed by atoms with E-state index in [1.165, 1.54) is 4.88 Å². The summed E-state index contributed by atoms with van der Waals surface area (Å²) in [6, 6.07) is 9.35. The standard InChI is InChI=1S/C14H16N2OS/c1-10(2)9-11-6-7-12(18-11)14(17)16-13-5-3-4-8-15-13/h3-8,10H,9H2,1-2H3,(H,15,16,17). The van der Waals surface area contributed by atoms with Crippen molar-refractivity contribution >= 4 is 23.1 Å². The Labute approximate surface area is 111 Å². The summed E-state index contributed by atoms with van der Waals surface area (Å²) in [6.07, 6.45) is 2.68. The summed E-state index contributed by atoms with van der Waals surface area (Å²) in [5, 5.41) is 2.79. The maximum absolute atomic E-state index is 12.0. The normalized spacial score (nSPS) is 10.6. The number of anilines is 1. The van der Waals surface area contributed by atoms with Gasteiger partial charge in [0.05, 0.1) is 4.88 Å². The number of nitrogens with zero attached hydrogens (tertiary/aromatic N) is 1. The summed E-state index contributed by atoms with van der Waals surface area (Å²) in [5.41, 5.74) is 0. The van der Waals surface area contributed by atoms with Gasteiger partial charge in [0.1, 0.15) is 5.82 Å². The van der Waals surface area contributed by atoms with Crippen molar-refractivity contribution < 1.29 is 4.79 Å². The van der Waals surface area contributed by atoms with E-state index in [9.17, 15) is 4.79 Å². The fourth-order valence-corrected chi connectivity index (χ4v) is 2.74. The summed E-state index contributed by atoms with van der Waals surface area (Å²) in [7, 11) is 0. The summed E-state index contributed by atoms with van der Waals surface area (Å²) in [5.74, 6) is 1.10. The van der Waals surface area contributed by atoms with Gasteiger partial charge in [0.25, 0.3) is 5.91 Å². The van der Waals surface area contributed by atoms with E-state index in [2.05, 4.69) is 24.1 Å². The third-order valence-electron chi connectivity index (χ3n) is 2.40. The van der Waals surface area contributed by atoms with Crippen LogP contribution in [0.4, 0.5) is 5.82 Å². The molecule has 0 aliphatic carbocycles. The highest BCUT2D eigenvalue weighted by Gasteiger charge is 2.10. The molecule has 94 valence electrons. The van der Waals surface area contributed by atoms with E-state index in [4.69, 9.17) is 0 Å². The second kappa shape index (κ2) is 5.78. The molecular weight excluding hydrogens is 244 g/mol. The van der Waals surface area contributed by atoms with E-state index in [1.807, 2.05) is 24.3 Å². The van der Waals surface area contributed by atoms with Crippen molar-refractivity contribution in [2.24, 2.45) is 5.92 Å². The van der Waals surface area contributed by atoms with Gasteiger partial charge >= 0.3 is 0 Å². The molecule has 0 radical (unpaired) electrons. The van der Waals surface area contributed by atoms with Crippen LogP contribution in [0.1, 0.15) is 28.4 Å². The Morgan fingerprint density at radius 1 is 1.33 bits per heavy atom. The highest BCUT2D eigenvalue weighted by Crippen LogP contribution is 2.20. The Morgan fingerprint density at radius 2 is 2.17 bits per heavy atom. The number of nitrogens with one attached hydrogen (secondary N) is 1. The predicted octanol–water partition coefficient (Wildman–Crippen LogP) is 3.59. The van der Waals surface area contributed by atoms with Crippen molar-refractivity contribution in [3.05, 3.63) is 46.3 Å². The zero-order valence-corrected chi connectivity index (χ0v) is 11.3. The van der Waals surface area contributed by atoms with Crippen LogP contribution in [0.15, 0.2) is 36.5 Å². The van der Waals surface area contributed by atoms with Crippen LogP contribution in [0, 0.1) is 5.92 Å². The molecule has 0 unspecified atom stereocenters. The number of hydrogen-bond donors (Lipinski definition) is 1. The fraction of sp³-hybridized carbons (Fsp3) is 0.286. The Bertz CT molecular complexity index is 520. The highest BCUT2D eigenvalue weighted by molar-refractivity contribution is 7.14. The molecule has 0 aliphatic heterocycles. The molecule has 0 spiro atoms. The van der Waals surface area contributed by atoms with E-state index in [1.54, 1.807) is 23.6 Å².